The predicted molar refractivity (Wildman–Crippen MR) is 46.4 cm³/mol. The second-order valence-electron chi connectivity index (χ2n) is 4.56. The van der Waals surface area contributed by atoms with Crippen LogP contribution in [0.3, 0.4) is 0 Å². The molecule has 1 heteroatoms. The molecular formula is C10H18O. The molecule has 2 atom stereocenters. The Morgan fingerprint density at radius 1 is 1.55 bits per heavy atom. The van der Waals surface area contributed by atoms with Gasteiger partial charge in [0.25, 0.3) is 0 Å². The van der Waals surface area contributed by atoms with E-state index in [1.54, 1.807) is 6.92 Å². The molecule has 1 rings (SSSR count). The average molecular weight is 154 g/mol. The van der Waals surface area contributed by atoms with Crippen molar-refractivity contribution < 1.29 is 4.79 Å². The summed E-state index contributed by atoms with van der Waals surface area (Å²) >= 11 is 0. The molecule has 0 heterocycles. The van der Waals surface area contributed by atoms with Crippen molar-refractivity contribution in [2.24, 2.45) is 17.3 Å². The Bertz CT molecular complexity index is 170. The molecule has 1 nitrogen and oxygen atoms in total. The fourth-order valence-corrected chi connectivity index (χ4v) is 1.97. The van der Waals surface area contributed by atoms with Crippen LogP contribution in [0.25, 0.3) is 0 Å². The molecule has 0 aromatic rings. The Morgan fingerprint density at radius 2 is 2.09 bits per heavy atom. The number of hydrogen-bond donors (Lipinski definition) is 0. The molecular weight excluding hydrogens is 136 g/mol. The van der Waals surface area contributed by atoms with Crippen LogP contribution >= 0.6 is 0 Å². The Kier molecular flexibility index (Phi) is 2.08. The maximum Gasteiger partial charge on any atom is 0.130 e. The van der Waals surface area contributed by atoms with Gasteiger partial charge >= 0.3 is 0 Å². The lowest BCUT2D eigenvalue weighted by Crippen LogP contribution is -2.43. The van der Waals surface area contributed by atoms with Crippen LogP contribution in [0.2, 0.25) is 0 Å². The van der Waals surface area contributed by atoms with Crippen molar-refractivity contribution >= 4 is 5.78 Å². The molecule has 0 aliphatic heterocycles. The van der Waals surface area contributed by atoms with Gasteiger partial charge in [0.1, 0.15) is 5.78 Å². The maximum absolute atomic E-state index is 10.8. The second kappa shape index (κ2) is 2.62. The summed E-state index contributed by atoms with van der Waals surface area (Å²) in [6, 6.07) is 0. The van der Waals surface area contributed by atoms with Gasteiger partial charge in [0.05, 0.1) is 0 Å². The standard InChI is InChI=1S/C10H18O/c1-7-5-9(6-8(2)11)10(7,3)4/h7,9H,5-6H2,1-4H3/t7-,9-/m0/s1. The van der Waals surface area contributed by atoms with Crippen LogP contribution in [0.15, 0.2) is 0 Å². The van der Waals surface area contributed by atoms with E-state index in [1.807, 2.05) is 0 Å². The van der Waals surface area contributed by atoms with Gasteiger partial charge in [-0.1, -0.05) is 20.8 Å². The van der Waals surface area contributed by atoms with Gasteiger partial charge in [0.15, 0.2) is 0 Å². The lowest BCUT2D eigenvalue weighted by Gasteiger charge is -2.50. The molecule has 1 saturated carbocycles. The van der Waals surface area contributed by atoms with Crippen molar-refractivity contribution in [3.8, 4) is 0 Å². The molecule has 1 aliphatic rings. The molecule has 0 spiro atoms. The average Bonchev–Trinajstić information content (AvgIpc) is 1.87. The summed E-state index contributed by atoms with van der Waals surface area (Å²) in [5.41, 5.74) is 0.408. The van der Waals surface area contributed by atoms with Crippen molar-refractivity contribution in [2.45, 2.75) is 40.5 Å². The smallest absolute Gasteiger partial charge is 0.130 e. The molecule has 0 unspecified atom stereocenters. The molecule has 0 bridgehead atoms. The summed E-state index contributed by atoms with van der Waals surface area (Å²) in [5, 5.41) is 0. The highest BCUT2D eigenvalue weighted by atomic mass is 16.1. The van der Waals surface area contributed by atoms with Crippen LogP contribution < -0.4 is 0 Å². The molecule has 0 amide bonds. The summed E-state index contributed by atoms with van der Waals surface area (Å²) in [6.45, 7) is 8.51. The minimum Gasteiger partial charge on any atom is -0.300 e. The van der Waals surface area contributed by atoms with Crippen molar-refractivity contribution in [1.29, 1.82) is 0 Å². The van der Waals surface area contributed by atoms with Gasteiger partial charge < -0.3 is 4.79 Å². The van der Waals surface area contributed by atoms with Crippen LogP contribution in [0.4, 0.5) is 0 Å². The normalized spacial score (nSPS) is 34.5. The fraction of sp³-hybridized carbons (Fsp3) is 0.900. The van der Waals surface area contributed by atoms with E-state index < -0.39 is 0 Å². The molecule has 1 fully saturated rings. The highest BCUT2D eigenvalue weighted by molar-refractivity contribution is 5.75. The number of hydrogen-bond acceptors (Lipinski definition) is 1. The fourth-order valence-electron chi connectivity index (χ4n) is 1.97. The van der Waals surface area contributed by atoms with E-state index in [-0.39, 0.29) is 0 Å². The first-order valence-electron chi connectivity index (χ1n) is 4.44. The van der Waals surface area contributed by atoms with E-state index in [9.17, 15) is 4.79 Å². The number of carbonyl (C=O) groups excluding carboxylic acids is 1. The topological polar surface area (TPSA) is 17.1 Å². The van der Waals surface area contributed by atoms with Crippen molar-refractivity contribution in [3.05, 3.63) is 0 Å². The molecule has 64 valence electrons. The zero-order valence-corrected chi connectivity index (χ0v) is 7.98. The van der Waals surface area contributed by atoms with Crippen LogP contribution in [0.1, 0.15) is 40.5 Å². The van der Waals surface area contributed by atoms with Gasteiger partial charge in [-0.25, -0.2) is 0 Å². The number of carbonyl (C=O) groups is 1. The molecule has 1 aliphatic carbocycles. The van der Waals surface area contributed by atoms with Crippen LogP contribution in [0, 0.1) is 17.3 Å². The zero-order valence-electron chi connectivity index (χ0n) is 7.98. The summed E-state index contributed by atoms with van der Waals surface area (Å²) in [7, 11) is 0. The number of ketones is 1. The monoisotopic (exact) mass is 154 g/mol. The van der Waals surface area contributed by atoms with Crippen LogP contribution in [0.5, 0.6) is 0 Å². The van der Waals surface area contributed by atoms with Gasteiger partial charge in [0.2, 0.25) is 0 Å². The zero-order chi connectivity index (χ0) is 8.65. The Balaban J connectivity index is 2.46. The SMILES string of the molecule is CC(=O)C[C@@H]1C[C@H](C)C1(C)C. The first-order valence-corrected chi connectivity index (χ1v) is 4.44. The van der Waals surface area contributed by atoms with Gasteiger partial charge in [-0.15, -0.1) is 0 Å². The Hall–Kier alpha value is -0.330. The first-order chi connectivity index (χ1) is 4.94. The minimum atomic E-state index is 0.343. The lowest BCUT2D eigenvalue weighted by molar-refractivity contribution is -0.122. The molecule has 0 N–H and O–H groups in total. The Labute approximate surface area is 69.2 Å². The summed E-state index contributed by atoms with van der Waals surface area (Å²) in [6.07, 6.45) is 2.03. The largest absolute Gasteiger partial charge is 0.300 e. The third-order valence-electron chi connectivity index (χ3n) is 3.49. The van der Waals surface area contributed by atoms with Crippen LogP contribution in [-0.2, 0) is 4.79 Å². The quantitative estimate of drug-likeness (QED) is 0.597. The summed E-state index contributed by atoms with van der Waals surface area (Å²) in [5.74, 6) is 1.79. The van der Waals surface area contributed by atoms with E-state index in [0.717, 1.165) is 12.3 Å². The summed E-state index contributed by atoms with van der Waals surface area (Å²) < 4.78 is 0. The van der Waals surface area contributed by atoms with E-state index in [1.165, 1.54) is 6.42 Å². The molecule has 0 aromatic heterocycles. The highest BCUT2D eigenvalue weighted by Gasteiger charge is 2.45. The number of rotatable bonds is 2. The summed E-state index contributed by atoms with van der Waals surface area (Å²) in [4.78, 5) is 10.8. The molecule has 11 heavy (non-hydrogen) atoms. The van der Waals surface area contributed by atoms with E-state index in [0.29, 0.717) is 17.1 Å². The van der Waals surface area contributed by atoms with E-state index in [2.05, 4.69) is 20.8 Å². The van der Waals surface area contributed by atoms with E-state index >= 15 is 0 Å². The van der Waals surface area contributed by atoms with Gasteiger partial charge in [0, 0.05) is 6.42 Å². The second-order valence-corrected chi connectivity index (χ2v) is 4.56. The molecule has 0 aromatic carbocycles. The first kappa shape index (κ1) is 8.76. The highest BCUT2D eigenvalue weighted by Crippen LogP contribution is 2.52. The third-order valence-corrected chi connectivity index (χ3v) is 3.49. The van der Waals surface area contributed by atoms with Crippen molar-refractivity contribution in [3.63, 3.8) is 0 Å². The van der Waals surface area contributed by atoms with Gasteiger partial charge in [-0.2, -0.15) is 0 Å². The van der Waals surface area contributed by atoms with Crippen LogP contribution in [-0.4, -0.2) is 5.78 Å². The van der Waals surface area contributed by atoms with E-state index in [4.69, 9.17) is 0 Å². The molecule has 0 saturated heterocycles. The third kappa shape index (κ3) is 1.47. The van der Waals surface area contributed by atoms with Gasteiger partial charge in [-0.3, -0.25) is 0 Å². The Morgan fingerprint density at radius 3 is 2.36 bits per heavy atom. The minimum absolute atomic E-state index is 0.343. The predicted octanol–water partition coefficient (Wildman–Crippen LogP) is 2.65. The number of Topliss-reactive ketones (excluding diaryl/α,β-unsaturated/α-hetero) is 1. The van der Waals surface area contributed by atoms with Crippen molar-refractivity contribution in [2.75, 3.05) is 0 Å². The molecule has 0 radical (unpaired) electrons. The lowest BCUT2D eigenvalue weighted by atomic mass is 9.54. The maximum atomic E-state index is 10.8. The van der Waals surface area contributed by atoms with Gasteiger partial charge in [-0.05, 0) is 30.6 Å². The van der Waals surface area contributed by atoms with Crippen molar-refractivity contribution in [1.82, 2.24) is 0 Å².